The van der Waals surface area contributed by atoms with Crippen LogP contribution in [-0.4, -0.2) is 0 Å². The Bertz CT molecular complexity index is 4330. The third kappa shape index (κ3) is 5.86. The van der Waals surface area contributed by atoms with E-state index in [-0.39, 0.29) is 0 Å². The molecule has 0 atom stereocenters. The third-order valence-corrected chi connectivity index (χ3v) is 14.3. The van der Waals surface area contributed by atoms with Gasteiger partial charge in [0, 0.05) is 88.0 Å². The Morgan fingerprint density at radius 3 is 1.06 bits per heavy atom. The third-order valence-electron chi connectivity index (χ3n) is 14.3. The molecular formula is C64H40N2O4. The van der Waals surface area contributed by atoms with Crippen LogP contribution in [-0.2, 0) is 0 Å². The van der Waals surface area contributed by atoms with Gasteiger partial charge in [0.2, 0.25) is 0 Å². The molecule has 0 unspecified atom stereocenters. The predicted molar refractivity (Wildman–Crippen MR) is 289 cm³/mol. The normalized spacial score (nSPS) is 12.1. The molecule has 6 nitrogen and oxygen atoms in total. The van der Waals surface area contributed by atoms with Gasteiger partial charge in [-0.05, 0) is 158 Å². The quantitative estimate of drug-likeness (QED) is 0.166. The van der Waals surface area contributed by atoms with Gasteiger partial charge in [0.25, 0.3) is 0 Å². The van der Waals surface area contributed by atoms with E-state index in [1.807, 2.05) is 24.3 Å². The highest BCUT2D eigenvalue weighted by molar-refractivity contribution is 6.22. The monoisotopic (exact) mass is 900 g/mol. The summed E-state index contributed by atoms with van der Waals surface area (Å²) in [6.45, 7) is 4.24. The van der Waals surface area contributed by atoms with Crippen LogP contribution in [0.4, 0.5) is 34.1 Å². The number of rotatable bonds is 6. The van der Waals surface area contributed by atoms with E-state index in [1.165, 1.54) is 11.1 Å². The molecule has 0 spiro atoms. The summed E-state index contributed by atoms with van der Waals surface area (Å²) in [5.74, 6) is 0. The molecule has 4 heterocycles. The lowest BCUT2D eigenvalue weighted by atomic mass is 10.0. The van der Waals surface area contributed by atoms with Gasteiger partial charge in [0.1, 0.15) is 44.7 Å². The fourth-order valence-corrected chi connectivity index (χ4v) is 10.9. The van der Waals surface area contributed by atoms with Crippen molar-refractivity contribution in [2.75, 3.05) is 9.80 Å². The Morgan fingerprint density at radius 2 is 0.600 bits per heavy atom. The Morgan fingerprint density at radius 1 is 0.243 bits per heavy atom. The van der Waals surface area contributed by atoms with Gasteiger partial charge in [-0.15, -0.1) is 0 Å². The van der Waals surface area contributed by atoms with Crippen LogP contribution in [0.3, 0.4) is 0 Å². The van der Waals surface area contributed by atoms with E-state index in [0.717, 1.165) is 143 Å². The molecule has 6 heteroatoms. The maximum atomic E-state index is 6.84. The molecule has 0 fully saturated rings. The number of nitrogens with zero attached hydrogens (tertiary/aromatic N) is 2. The Hall–Kier alpha value is -9.26. The summed E-state index contributed by atoms with van der Waals surface area (Å²) in [6, 6.07) is 73.2. The maximum Gasteiger partial charge on any atom is 0.143 e. The Balaban J connectivity index is 0.822. The van der Waals surface area contributed by atoms with Crippen molar-refractivity contribution in [3.05, 3.63) is 217 Å². The fraction of sp³-hybridized carbons (Fsp3) is 0.0312. The van der Waals surface area contributed by atoms with Crippen LogP contribution in [0.15, 0.2) is 224 Å². The molecule has 0 aliphatic rings. The van der Waals surface area contributed by atoms with E-state index in [0.29, 0.717) is 0 Å². The molecular weight excluding hydrogens is 861 g/mol. The molecule has 15 aromatic rings. The molecule has 0 bridgehead atoms. The zero-order valence-electron chi connectivity index (χ0n) is 38.2. The van der Waals surface area contributed by atoms with Crippen molar-refractivity contribution < 1.29 is 17.7 Å². The van der Waals surface area contributed by atoms with E-state index in [2.05, 4.69) is 206 Å². The van der Waals surface area contributed by atoms with Crippen molar-refractivity contribution in [1.29, 1.82) is 0 Å². The molecule has 11 aromatic carbocycles. The zero-order valence-corrected chi connectivity index (χ0v) is 38.2. The van der Waals surface area contributed by atoms with Gasteiger partial charge in [-0.2, -0.15) is 0 Å². The van der Waals surface area contributed by atoms with Crippen LogP contribution in [0.5, 0.6) is 0 Å². The van der Waals surface area contributed by atoms with Crippen LogP contribution in [0, 0.1) is 13.8 Å². The fourth-order valence-electron chi connectivity index (χ4n) is 10.9. The lowest BCUT2D eigenvalue weighted by Crippen LogP contribution is -2.09. The molecule has 0 aliphatic carbocycles. The van der Waals surface area contributed by atoms with Gasteiger partial charge in [0.05, 0.1) is 0 Å². The lowest BCUT2D eigenvalue weighted by molar-refractivity contribution is 0.667. The molecule has 330 valence electrons. The average Bonchev–Trinajstić information content (AvgIpc) is 4.17. The zero-order chi connectivity index (χ0) is 46.2. The van der Waals surface area contributed by atoms with Gasteiger partial charge in [-0.25, -0.2) is 0 Å². The summed E-state index contributed by atoms with van der Waals surface area (Å²) in [5.41, 5.74) is 15.7. The number of furan rings is 4. The molecule has 15 rings (SSSR count). The SMILES string of the molecule is Cc1ccc(N(c2ccc3c(ccc4c5cc6oc7c8ccc(N(c9ccc(C)cc9)c9ccc%10oc%11ccccc%11c%10c9)cc8ccc7c6cc5oc34)c2)c2ccc3oc4ccccc4c3c2)cc1. The van der Waals surface area contributed by atoms with E-state index in [4.69, 9.17) is 17.7 Å². The van der Waals surface area contributed by atoms with Gasteiger partial charge in [0.15, 0.2) is 0 Å². The number of para-hydroxylation sites is 2. The number of fused-ring (bicyclic) bond motifs is 16. The standard InChI is InChI=1S/C64H40N2O4/c1-37-11-17-41(18-12-37)65(45-23-29-59-53(33-45)49-7-3-5-9-57(49)67-59)43-21-27-47-39(31-43)15-25-51-55-35-62-56(36-61(55)69-63(47)51)52-26-16-40-32-44(22-28-48(40)64(52)70-62)66(42-19-13-38(2)14-20-42)46-24-30-60-54(34-46)50-8-4-6-10-58(50)68-60/h3-36H,1-2H3. The van der Waals surface area contributed by atoms with Gasteiger partial charge >= 0.3 is 0 Å². The van der Waals surface area contributed by atoms with Crippen LogP contribution in [0.2, 0.25) is 0 Å². The molecule has 0 saturated carbocycles. The van der Waals surface area contributed by atoms with Crippen molar-refractivity contribution in [2.45, 2.75) is 13.8 Å². The van der Waals surface area contributed by atoms with Crippen molar-refractivity contribution in [3.63, 3.8) is 0 Å². The molecule has 0 N–H and O–H groups in total. The van der Waals surface area contributed by atoms with E-state index in [9.17, 15) is 0 Å². The largest absolute Gasteiger partial charge is 0.456 e. The summed E-state index contributed by atoms with van der Waals surface area (Å²) in [7, 11) is 0. The van der Waals surface area contributed by atoms with Crippen molar-refractivity contribution >= 4 is 143 Å². The van der Waals surface area contributed by atoms with Crippen LogP contribution in [0.1, 0.15) is 11.1 Å². The topological polar surface area (TPSA) is 59.0 Å². The number of hydrogen-bond donors (Lipinski definition) is 0. The van der Waals surface area contributed by atoms with E-state index < -0.39 is 0 Å². The van der Waals surface area contributed by atoms with Crippen molar-refractivity contribution in [3.8, 4) is 0 Å². The highest BCUT2D eigenvalue weighted by Crippen LogP contribution is 2.45. The van der Waals surface area contributed by atoms with Crippen LogP contribution >= 0.6 is 0 Å². The second-order valence-electron chi connectivity index (χ2n) is 18.6. The summed E-state index contributed by atoms with van der Waals surface area (Å²) >= 11 is 0. The van der Waals surface area contributed by atoms with Crippen molar-refractivity contribution in [1.82, 2.24) is 0 Å². The molecule has 0 radical (unpaired) electrons. The first kappa shape index (κ1) is 38.8. The minimum Gasteiger partial charge on any atom is -0.456 e. The van der Waals surface area contributed by atoms with Crippen molar-refractivity contribution in [2.24, 2.45) is 0 Å². The van der Waals surface area contributed by atoms with Crippen LogP contribution in [0.25, 0.3) is 109 Å². The number of hydrogen-bond acceptors (Lipinski definition) is 6. The number of anilines is 6. The molecule has 4 aromatic heterocycles. The van der Waals surface area contributed by atoms with E-state index in [1.54, 1.807) is 0 Å². The van der Waals surface area contributed by atoms with Gasteiger partial charge in [-0.3, -0.25) is 0 Å². The van der Waals surface area contributed by atoms with E-state index >= 15 is 0 Å². The first-order valence-electron chi connectivity index (χ1n) is 23.7. The first-order valence-corrected chi connectivity index (χ1v) is 23.7. The highest BCUT2D eigenvalue weighted by Gasteiger charge is 2.21. The second-order valence-corrected chi connectivity index (χ2v) is 18.6. The summed E-state index contributed by atoms with van der Waals surface area (Å²) < 4.78 is 26.1. The maximum absolute atomic E-state index is 6.84. The molecule has 0 amide bonds. The predicted octanol–water partition coefficient (Wildman–Crippen LogP) is 19.1. The smallest absolute Gasteiger partial charge is 0.143 e. The molecule has 0 saturated heterocycles. The van der Waals surface area contributed by atoms with Crippen LogP contribution < -0.4 is 9.80 Å². The number of benzene rings is 11. The second kappa shape index (κ2) is 14.6. The number of aryl methyl sites for hydroxylation is 2. The summed E-state index contributed by atoms with van der Waals surface area (Å²) in [6.07, 6.45) is 0. The summed E-state index contributed by atoms with van der Waals surface area (Å²) in [4.78, 5) is 4.63. The first-order chi connectivity index (χ1) is 34.5. The molecule has 0 aliphatic heterocycles. The van der Waals surface area contributed by atoms with Gasteiger partial charge < -0.3 is 27.5 Å². The minimum atomic E-state index is 0.829. The Labute approximate surface area is 400 Å². The minimum absolute atomic E-state index is 0.829. The molecule has 70 heavy (non-hydrogen) atoms. The highest BCUT2D eigenvalue weighted by atomic mass is 16.3. The average molecular weight is 901 g/mol. The lowest BCUT2D eigenvalue weighted by Gasteiger charge is -2.26. The Kier molecular flexibility index (Phi) is 8.10. The van der Waals surface area contributed by atoms with Gasteiger partial charge in [-0.1, -0.05) is 83.9 Å². The summed E-state index contributed by atoms with van der Waals surface area (Å²) in [5, 5.41) is 12.8.